The molecule has 0 saturated heterocycles. The minimum Gasteiger partial charge on any atom is -0.478 e. The first-order valence-electron chi connectivity index (χ1n) is 6.08. The first kappa shape index (κ1) is 15.7. The van der Waals surface area contributed by atoms with E-state index in [1.54, 1.807) is 12.1 Å². The molecule has 1 aromatic rings. The van der Waals surface area contributed by atoms with Crippen molar-refractivity contribution >= 4 is 17.8 Å². The maximum atomic E-state index is 11.5. The molecule has 0 aliphatic rings. The number of hydrogen-bond donors (Lipinski definition) is 1. The summed E-state index contributed by atoms with van der Waals surface area (Å²) in [5.41, 5.74) is 0.993. The quantitative estimate of drug-likeness (QED) is 0.793. The number of carbonyl (C=O) groups excluding carboxylic acids is 2. The number of methoxy groups -OCH3 is 1. The van der Waals surface area contributed by atoms with Crippen LogP contribution in [0.3, 0.4) is 0 Å². The second kappa shape index (κ2) is 7.28. The molecule has 0 radical (unpaired) electrons. The molecule has 108 valence electrons. The zero-order valence-electron chi connectivity index (χ0n) is 11.5. The molecule has 0 saturated carbocycles. The van der Waals surface area contributed by atoms with Crippen LogP contribution in [-0.4, -0.2) is 41.5 Å². The van der Waals surface area contributed by atoms with Crippen molar-refractivity contribution in [2.24, 2.45) is 0 Å². The van der Waals surface area contributed by atoms with Crippen molar-refractivity contribution in [1.29, 1.82) is 0 Å². The van der Waals surface area contributed by atoms with E-state index in [2.05, 4.69) is 4.74 Å². The Hall–Kier alpha value is -2.37. The van der Waals surface area contributed by atoms with Gasteiger partial charge in [0.2, 0.25) is 5.91 Å². The molecule has 6 nitrogen and oxygen atoms in total. The lowest BCUT2D eigenvalue weighted by Crippen LogP contribution is -2.30. The molecule has 0 atom stereocenters. The molecule has 0 spiro atoms. The summed E-state index contributed by atoms with van der Waals surface area (Å²) < 4.78 is 4.53. The van der Waals surface area contributed by atoms with E-state index < -0.39 is 5.97 Å². The van der Waals surface area contributed by atoms with Crippen LogP contribution in [-0.2, 0) is 20.9 Å². The van der Waals surface area contributed by atoms with E-state index >= 15 is 0 Å². The third-order valence-electron chi connectivity index (χ3n) is 2.83. The molecular weight excluding hydrogens is 262 g/mol. The predicted molar refractivity (Wildman–Crippen MR) is 71.1 cm³/mol. The summed E-state index contributed by atoms with van der Waals surface area (Å²) in [5, 5.41) is 8.80. The average molecular weight is 279 g/mol. The largest absolute Gasteiger partial charge is 0.478 e. The predicted octanol–water partition coefficient (Wildman–Crippen LogP) is 1.30. The van der Waals surface area contributed by atoms with E-state index in [1.165, 1.54) is 31.1 Å². The van der Waals surface area contributed by atoms with Crippen LogP contribution in [0.4, 0.5) is 0 Å². The number of amides is 1. The Balaban J connectivity index is 2.67. The zero-order chi connectivity index (χ0) is 15.1. The molecule has 0 aliphatic heterocycles. The van der Waals surface area contributed by atoms with Crippen LogP contribution in [0.15, 0.2) is 24.3 Å². The van der Waals surface area contributed by atoms with Gasteiger partial charge in [-0.1, -0.05) is 12.1 Å². The van der Waals surface area contributed by atoms with Gasteiger partial charge in [-0.25, -0.2) is 4.79 Å². The normalized spacial score (nSPS) is 9.90. The molecule has 20 heavy (non-hydrogen) atoms. The Morgan fingerprint density at radius 1 is 1.20 bits per heavy atom. The molecule has 0 fully saturated rings. The summed E-state index contributed by atoms with van der Waals surface area (Å²) in [6.07, 6.45) is 0.128. The highest BCUT2D eigenvalue weighted by molar-refractivity contribution is 5.87. The summed E-state index contributed by atoms with van der Waals surface area (Å²) >= 11 is 0. The number of rotatable bonds is 6. The van der Waals surface area contributed by atoms with Gasteiger partial charge in [0, 0.05) is 20.0 Å². The minimum absolute atomic E-state index is 0.128. The van der Waals surface area contributed by atoms with Gasteiger partial charge in [0.25, 0.3) is 0 Å². The van der Waals surface area contributed by atoms with Gasteiger partial charge < -0.3 is 14.7 Å². The number of benzene rings is 1. The molecular formula is C14H17NO5. The molecule has 6 heteroatoms. The summed E-state index contributed by atoms with van der Waals surface area (Å²) in [6.45, 7) is 2.01. The topological polar surface area (TPSA) is 83.9 Å². The van der Waals surface area contributed by atoms with Crippen molar-refractivity contribution in [2.75, 3.05) is 13.7 Å². The van der Waals surface area contributed by atoms with Gasteiger partial charge >= 0.3 is 11.9 Å². The molecule has 1 amide bonds. The standard InChI is InChI=1S/C14H17NO5/c1-10(16)15(8-7-13(17)20-2)9-11-3-5-12(6-4-11)14(18)19/h3-6H,7-9H2,1-2H3,(H,18,19). The summed E-state index contributed by atoms with van der Waals surface area (Å²) in [5.74, 6) is -1.53. The fourth-order valence-electron chi connectivity index (χ4n) is 1.65. The number of carbonyl (C=O) groups is 3. The van der Waals surface area contributed by atoms with Crippen molar-refractivity contribution < 1.29 is 24.2 Å². The highest BCUT2D eigenvalue weighted by Gasteiger charge is 2.12. The maximum Gasteiger partial charge on any atom is 0.335 e. The molecule has 1 aromatic carbocycles. The monoisotopic (exact) mass is 279 g/mol. The van der Waals surface area contributed by atoms with E-state index in [0.717, 1.165) is 5.56 Å². The number of ether oxygens (including phenoxy) is 1. The van der Waals surface area contributed by atoms with Crippen LogP contribution in [0.5, 0.6) is 0 Å². The summed E-state index contributed by atoms with van der Waals surface area (Å²) in [7, 11) is 1.30. The number of hydrogen-bond acceptors (Lipinski definition) is 4. The van der Waals surface area contributed by atoms with Gasteiger partial charge in [0.05, 0.1) is 19.1 Å². The van der Waals surface area contributed by atoms with Crippen LogP contribution in [0, 0.1) is 0 Å². The molecule has 1 N–H and O–H groups in total. The first-order chi connectivity index (χ1) is 9.43. The highest BCUT2D eigenvalue weighted by Crippen LogP contribution is 2.09. The average Bonchev–Trinajstić information content (AvgIpc) is 2.43. The Morgan fingerprint density at radius 2 is 1.80 bits per heavy atom. The van der Waals surface area contributed by atoms with Crippen molar-refractivity contribution in [3.05, 3.63) is 35.4 Å². The van der Waals surface area contributed by atoms with Gasteiger partial charge in [-0.3, -0.25) is 9.59 Å². The lowest BCUT2D eigenvalue weighted by atomic mass is 10.1. The Bertz CT molecular complexity index is 495. The second-order valence-electron chi connectivity index (χ2n) is 4.27. The fourth-order valence-corrected chi connectivity index (χ4v) is 1.65. The Morgan fingerprint density at radius 3 is 2.25 bits per heavy atom. The zero-order valence-corrected chi connectivity index (χ0v) is 11.5. The fraction of sp³-hybridized carbons (Fsp3) is 0.357. The third kappa shape index (κ3) is 4.72. The van der Waals surface area contributed by atoms with Crippen LogP contribution in [0.1, 0.15) is 29.3 Å². The third-order valence-corrected chi connectivity index (χ3v) is 2.83. The van der Waals surface area contributed by atoms with E-state index in [-0.39, 0.29) is 30.4 Å². The SMILES string of the molecule is COC(=O)CCN(Cc1ccc(C(=O)O)cc1)C(C)=O. The van der Waals surface area contributed by atoms with Crippen LogP contribution < -0.4 is 0 Å². The van der Waals surface area contributed by atoms with E-state index in [9.17, 15) is 14.4 Å². The van der Waals surface area contributed by atoms with Gasteiger partial charge in [0.1, 0.15) is 0 Å². The van der Waals surface area contributed by atoms with E-state index in [1.807, 2.05) is 0 Å². The molecule has 0 unspecified atom stereocenters. The number of carboxylic acids is 1. The van der Waals surface area contributed by atoms with E-state index in [0.29, 0.717) is 6.54 Å². The molecule has 0 bridgehead atoms. The maximum absolute atomic E-state index is 11.5. The lowest BCUT2D eigenvalue weighted by Gasteiger charge is -2.20. The molecule has 0 heterocycles. The Kier molecular flexibility index (Phi) is 5.71. The van der Waals surface area contributed by atoms with E-state index in [4.69, 9.17) is 5.11 Å². The highest BCUT2D eigenvalue weighted by atomic mass is 16.5. The van der Waals surface area contributed by atoms with Crippen molar-refractivity contribution in [1.82, 2.24) is 4.90 Å². The molecule has 0 aliphatic carbocycles. The van der Waals surface area contributed by atoms with Gasteiger partial charge in [-0.2, -0.15) is 0 Å². The van der Waals surface area contributed by atoms with Crippen LogP contribution in [0.25, 0.3) is 0 Å². The Labute approximate surface area is 117 Å². The van der Waals surface area contributed by atoms with Gasteiger partial charge in [0.15, 0.2) is 0 Å². The lowest BCUT2D eigenvalue weighted by molar-refractivity contribution is -0.141. The summed E-state index contributed by atoms with van der Waals surface area (Å²) in [6, 6.07) is 6.27. The summed E-state index contributed by atoms with van der Waals surface area (Å²) in [4.78, 5) is 34.8. The van der Waals surface area contributed by atoms with Gasteiger partial charge in [-0.05, 0) is 17.7 Å². The van der Waals surface area contributed by atoms with Gasteiger partial charge in [-0.15, -0.1) is 0 Å². The van der Waals surface area contributed by atoms with Crippen molar-refractivity contribution in [3.63, 3.8) is 0 Å². The van der Waals surface area contributed by atoms with Crippen molar-refractivity contribution in [3.8, 4) is 0 Å². The number of nitrogens with zero attached hydrogens (tertiary/aromatic N) is 1. The number of aromatic carboxylic acids is 1. The first-order valence-corrected chi connectivity index (χ1v) is 6.08. The second-order valence-corrected chi connectivity index (χ2v) is 4.27. The minimum atomic E-state index is -0.995. The molecule has 0 aromatic heterocycles. The van der Waals surface area contributed by atoms with Crippen LogP contribution >= 0.6 is 0 Å². The smallest absolute Gasteiger partial charge is 0.335 e. The van der Waals surface area contributed by atoms with Crippen molar-refractivity contribution in [2.45, 2.75) is 19.9 Å². The molecule has 1 rings (SSSR count). The van der Waals surface area contributed by atoms with Crippen LogP contribution in [0.2, 0.25) is 0 Å². The number of carboxylic acid groups (broad SMARTS) is 1. The number of esters is 1.